The molecule has 3 heterocycles. The topological polar surface area (TPSA) is 62.7 Å². The molecule has 3 aromatic heterocycles. The second kappa shape index (κ2) is 5.34. The number of thiazole rings is 1. The van der Waals surface area contributed by atoms with E-state index in [1.165, 1.54) is 9.75 Å². The standard InChI is InChI=1S/C13H15N5S2/c1-7-4-10-11(16-6-9-5-15-8(2)20-9)17-13(14-3)18-12(10)19-7/h4-5H,6H2,1-3H3,(H2,14,16,17,18). The van der Waals surface area contributed by atoms with Gasteiger partial charge in [0.25, 0.3) is 0 Å². The molecule has 2 N–H and O–H groups in total. The van der Waals surface area contributed by atoms with Crippen LogP contribution in [-0.4, -0.2) is 22.0 Å². The van der Waals surface area contributed by atoms with Gasteiger partial charge in [-0.1, -0.05) is 0 Å². The third kappa shape index (κ3) is 2.59. The van der Waals surface area contributed by atoms with Gasteiger partial charge in [-0.05, 0) is 19.9 Å². The number of thiophene rings is 1. The number of aryl methyl sites for hydroxylation is 2. The van der Waals surface area contributed by atoms with E-state index in [4.69, 9.17) is 0 Å². The Balaban J connectivity index is 1.92. The van der Waals surface area contributed by atoms with Gasteiger partial charge in [0.1, 0.15) is 10.6 Å². The Morgan fingerprint density at radius 1 is 1.20 bits per heavy atom. The summed E-state index contributed by atoms with van der Waals surface area (Å²) in [5, 5.41) is 8.55. The molecule has 0 amide bonds. The van der Waals surface area contributed by atoms with Crippen LogP contribution in [0, 0.1) is 13.8 Å². The molecule has 0 fully saturated rings. The van der Waals surface area contributed by atoms with Crippen LogP contribution in [-0.2, 0) is 6.54 Å². The number of aromatic nitrogens is 3. The summed E-state index contributed by atoms with van der Waals surface area (Å²) in [4.78, 5) is 16.7. The zero-order chi connectivity index (χ0) is 14.1. The van der Waals surface area contributed by atoms with Gasteiger partial charge in [0.2, 0.25) is 5.95 Å². The summed E-state index contributed by atoms with van der Waals surface area (Å²) in [5.74, 6) is 1.51. The molecule has 3 aromatic rings. The number of hydrogen-bond donors (Lipinski definition) is 2. The van der Waals surface area contributed by atoms with E-state index in [9.17, 15) is 0 Å². The first kappa shape index (κ1) is 13.3. The summed E-state index contributed by atoms with van der Waals surface area (Å²) in [6.45, 7) is 4.83. The van der Waals surface area contributed by atoms with E-state index in [0.717, 1.165) is 27.6 Å². The summed E-state index contributed by atoms with van der Waals surface area (Å²) in [6.07, 6.45) is 1.91. The Morgan fingerprint density at radius 3 is 2.75 bits per heavy atom. The van der Waals surface area contributed by atoms with Gasteiger partial charge < -0.3 is 10.6 Å². The molecule has 20 heavy (non-hydrogen) atoms. The minimum Gasteiger partial charge on any atom is -0.364 e. The fourth-order valence-corrected chi connectivity index (χ4v) is 3.56. The van der Waals surface area contributed by atoms with Crippen molar-refractivity contribution in [3.8, 4) is 0 Å². The Hall–Kier alpha value is -1.73. The zero-order valence-electron chi connectivity index (χ0n) is 11.5. The molecular formula is C13H15N5S2. The van der Waals surface area contributed by atoms with Gasteiger partial charge in [-0.2, -0.15) is 4.98 Å². The molecule has 0 radical (unpaired) electrons. The maximum atomic E-state index is 4.51. The van der Waals surface area contributed by atoms with Crippen molar-refractivity contribution in [2.75, 3.05) is 17.7 Å². The predicted molar refractivity (Wildman–Crippen MR) is 85.9 cm³/mol. The van der Waals surface area contributed by atoms with Crippen LogP contribution < -0.4 is 10.6 Å². The maximum Gasteiger partial charge on any atom is 0.225 e. The van der Waals surface area contributed by atoms with Crippen LogP contribution in [0.3, 0.4) is 0 Å². The molecule has 0 unspecified atom stereocenters. The van der Waals surface area contributed by atoms with E-state index in [1.54, 1.807) is 22.7 Å². The first-order valence-electron chi connectivity index (χ1n) is 6.27. The third-order valence-corrected chi connectivity index (χ3v) is 4.70. The molecule has 0 aliphatic carbocycles. The average molecular weight is 305 g/mol. The molecule has 5 nitrogen and oxygen atoms in total. The number of anilines is 2. The molecule has 0 spiro atoms. The Bertz CT molecular complexity index is 746. The molecule has 0 aromatic carbocycles. The van der Waals surface area contributed by atoms with E-state index < -0.39 is 0 Å². The second-order valence-corrected chi connectivity index (χ2v) is 6.97. The van der Waals surface area contributed by atoms with E-state index in [1.807, 2.05) is 20.2 Å². The number of nitrogens with one attached hydrogen (secondary N) is 2. The smallest absolute Gasteiger partial charge is 0.225 e. The molecule has 0 aliphatic rings. The van der Waals surface area contributed by atoms with Crippen molar-refractivity contribution in [2.24, 2.45) is 0 Å². The fraction of sp³-hybridized carbons (Fsp3) is 0.308. The number of fused-ring (bicyclic) bond motifs is 1. The van der Waals surface area contributed by atoms with Crippen LogP contribution in [0.15, 0.2) is 12.3 Å². The van der Waals surface area contributed by atoms with Gasteiger partial charge >= 0.3 is 0 Å². The van der Waals surface area contributed by atoms with Crippen molar-refractivity contribution in [1.29, 1.82) is 0 Å². The van der Waals surface area contributed by atoms with Crippen molar-refractivity contribution in [2.45, 2.75) is 20.4 Å². The van der Waals surface area contributed by atoms with Crippen molar-refractivity contribution >= 4 is 44.7 Å². The zero-order valence-corrected chi connectivity index (χ0v) is 13.2. The summed E-state index contributed by atoms with van der Waals surface area (Å²) < 4.78 is 0. The first-order chi connectivity index (χ1) is 9.65. The van der Waals surface area contributed by atoms with Crippen LogP contribution in [0.1, 0.15) is 14.8 Å². The van der Waals surface area contributed by atoms with Crippen molar-refractivity contribution in [1.82, 2.24) is 15.0 Å². The SMILES string of the molecule is CNc1nc(NCc2cnc(C)s2)c2cc(C)sc2n1. The lowest BCUT2D eigenvalue weighted by Gasteiger charge is -2.07. The minimum atomic E-state index is 0.641. The van der Waals surface area contributed by atoms with Crippen LogP contribution in [0.2, 0.25) is 0 Å². The average Bonchev–Trinajstić information content (AvgIpc) is 3.00. The molecule has 0 saturated carbocycles. The van der Waals surface area contributed by atoms with Crippen molar-refractivity contribution in [3.63, 3.8) is 0 Å². The monoisotopic (exact) mass is 305 g/mol. The van der Waals surface area contributed by atoms with Crippen molar-refractivity contribution < 1.29 is 0 Å². The predicted octanol–water partition coefficient (Wildman–Crippen LogP) is 3.42. The lowest BCUT2D eigenvalue weighted by molar-refractivity contribution is 1.12. The summed E-state index contributed by atoms with van der Waals surface area (Å²) in [6, 6.07) is 2.12. The van der Waals surface area contributed by atoms with E-state index >= 15 is 0 Å². The lowest BCUT2D eigenvalue weighted by atomic mass is 10.3. The highest BCUT2D eigenvalue weighted by Crippen LogP contribution is 2.30. The molecule has 7 heteroatoms. The Labute approximate surface area is 125 Å². The number of hydrogen-bond acceptors (Lipinski definition) is 7. The highest BCUT2D eigenvalue weighted by Gasteiger charge is 2.10. The second-order valence-electron chi connectivity index (χ2n) is 4.42. The summed E-state index contributed by atoms with van der Waals surface area (Å²) >= 11 is 3.38. The molecule has 0 aliphatic heterocycles. The fourth-order valence-electron chi connectivity index (χ4n) is 1.95. The van der Waals surface area contributed by atoms with Gasteiger partial charge in [-0.25, -0.2) is 9.97 Å². The van der Waals surface area contributed by atoms with E-state index in [0.29, 0.717) is 5.95 Å². The van der Waals surface area contributed by atoms with Crippen LogP contribution in [0.25, 0.3) is 10.2 Å². The molecule has 3 rings (SSSR count). The van der Waals surface area contributed by atoms with Gasteiger partial charge in [-0.15, -0.1) is 22.7 Å². The normalized spacial score (nSPS) is 10.9. The molecule has 0 atom stereocenters. The van der Waals surface area contributed by atoms with Gasteiger partial charge in [0, 0.05) is 23.0 Å². The highest BCUT2D eigenvalue weighted by molar-refractivity contribution is 7.18. The first-order valence-corrected chi connectivity index (χ1v) is 7.90. The van der Waals surface area contributed by atoms with Crippen LogP contribution in [0.5, 0.6) is 0 Å². The third-order valence-electron chi connectivity index (χ3n) is 2.84. The van der Waals surface area contributed by atoms with Crippen LogP contribution >= 0.6 is 22.7 Å². The molecular weight excluding hydrogens is 290 g/mol. The largest absolute Gasteiger partial charge is 0.364 e. The Kier molecular flexibility index (Phi) is 3.54. The highest BCUT2D eigenvalue weighted by atomic mass is 32.1. The quantitative estimate of drug-likeness (QED) is 0.773. The van der Waals surface area contributed by atoms with E-state index in [-0.39, 0.29) is 0 Å². The van der Waals surface area contributed by atoms with Gasteiger partial charge in [0.05, 0.1) is 16.9 Å². The van der Waals surface area contributed by atoms with Gasteiger partial charge in [-0.3, -0.25) is 0 Å². The molecule has 0 bridgehead atoms. The lowest BCUT2D eigenvalue weighted by Crippen LogP contribution is -2.04. The summed E-state index contributed by atoms with van der Waals surface area (Å²) in [5.41, 5.74) is 0. The van der Waals surface area contributed by atoms with Gasteiger partial charge in [0.15, 0.2) is 0 Å². The number of rotatable bonds is 4. The number of nitrogens with zero attached hydrogens (tertiary/aromatic N) is 3. The van der Waals surface area contributed by atoms with E-state index in [2.05, 4.69) is 38.6 Å². The molecule has 104 valence electrons. The summed E-state index contributed by atoms with van der Waals surface area (Å²) in [7, 11) is 1.83. The van der Waals surface area contributed by atoms with Crippen LogP contribution in [0.4, 0.5) is 11.8 Å². The minimum absolute atomic E-state index is 0.641. The Morgan fingerprint density at radius 2 is 2.05 bits per heavy atom. The van der Waals surface area contributed by atoms with Crippen molar-refractivity contribution in [3.05, 3.63) is 27.0 Å². The molecule has 0 saturated heterocycles. The maximum absolute atomic E-state index is 4.51.